The van der Waals surface area contributed by atoms with Crippen LogP contribution in [0, 0.1) is 0 Å². The summed E-state index contributed by atoms with van der Waals surface area (Å²) < 4.78 is 0. The van der Waals surface area contributed by atoms with Gasteiger partial charge < -0.3 is 5.32 Å². The van der Waals surface area contributed by atoms with Crippen LogP contribution in [0.2, 0.25) is 0 Å². The lowest BCUT2D eigenvalue weighted by Gasteiger charge is -2.22. The number of benzene rings is 1. The second-order valence-corrected chi connectivity index (χ2v) is 4.40. The first-order valence-electron chi connectivity index (χ1n) is 6.05. The third kappa shape index (κ3) is 3.40. The highest BCUT2D eigenvalue weighted by Crippen LogP contribution is 2.17. The largest absolute Gasteiger partial charge is 0.362 e. The standard InChI is InChI=1S/C13H17BNO/c16-13(14-11-7-3-1-4-8-11)15-12-9-5-2-6-10-12/h1,3-4,7-8,12H,2,5-6,9-10H2,(H,15,16). The van der Waals surface area contributed by atoms with Crippen molar-refractivity contribution >= 4 is 18.5 Å². The summed E-state index contributed by atoms with van der Waals surface area (Å²) in [5, 5.41) is 3.07. The van der Waals surface area contributed by atoms with Gasteiger partial charge in [0.15, 0.2) is 5.81 Å². The molecule has 2 rings (SSSR count). The zero-order chi connectivity index (χ0) is 11.2. The van der Waals surface area contributed by atoms with Gasteiger partial charge in [0.05, 0.1) is 0 Å². The number of carbonyl (C=O) groups is 1. The zero-order valence-electron chi connectivity index (χ0n) is 9.49. The Balaban J connectivity index is 1.80. The monoisotopic (exact) mass is 214 g/mol. The average molecular weight is 214 g/mol. The van der Waals surface area contributed by atoms with Crippen molar-refractivity contribution in [3.63, 3.8) is 0 Å². The normalized spacial score (nSPS) is 16.8. The molecule has 1 fully saturated rings. The molecule has 1 saturated carbocycles. The Hall–Kier alpha value is -1.25. The van der Waals surface area contributed by atoms with E-state index in [2.05, 4.69) is 5.32 Å². The van der Waals surface area contributed by atoms with E-state index in [-0.39, 0.29) is 5.81 Å². The molecule has 1 aromatic carbocycles. The van der Waals surface area contributed by atoms with Crippen molar-refractivity contribution < 1.29 is 4.79 Å². The molecular weight excluding hydrogens is 197 g/mol. The minimum Gasteiger partial charge on any atom is -0.362 e. The molecule has 0 heterocycles. The van der Waals surface area contributed by atoms with Crippen LogP contribution < -0.4 is 10.8 Å². The summed E-state index contributed by atoms with van der Waals surface area (Å²) in [4.78, 5) is 11.7. The molecule has 0 aromatic heterocycles. The molecule has 1 aliphatic rings. The number of nitrogens with one attached hydrogen (secondary N) is 1. The van der Waals surface area contributed by atoms with Crippen LogP contribution in [0.25, 0.3) is 0 Å². The van der Waals surface area contributed by atoms with E-state index in [1.807, 2.05) is 30.3 Å². The van der Waals surface area contributed by atoms with Gasteiger partial charge in [0, 0.05) is 6.04 Å². The number of hydrogen-bond acceptors (Lipinski definition) is 1. The van der Waals surface area contributed by atoms with Crippen LogP contribution in [-0.2, 0) is 0 Å². The Morgan fingerprint density at radius 3 is 2.50 bits per heavy atom. The van der Waals surface area contributed by atoms with Gasteiger partial charge in [0.1, 0.15) is 0 Å². The van der Waals surface area contributed by atoms with Crippen LogP contribution in [0.5, 0.6) is 0 Å². The van der Waals surface area contributed by atoms with Gasteiger partial charge in [-0.2, -0.15) is 0 Å². The van der Waals surface area contributed by atoms with Crippen molar-refractivity contribution in [1.82, 2.24) is 5.32 Å². The van der Waals surface area contributed by atoms with Crippen LogP contribution >= 0.6 is 0 Å². The smallest absolute Gasteiger partial charge is 0.271 e. The van der Waals surface area contributed by atoms with Gasteiger partial charge in [0.2, 0.25) is 0 Å². The average Bonchev–Trinajstić information content (AvgIpc) is 2.31. The van der Waals surface area contributed by atoms with Crippen LogP contribution in [-0.4, -0.2) is 19.1 Å². The fourth-order valence-corrected chi connectivity index (χ4v) is 2.19. The third-order valence-electron chi connectivity index (χ3n) is 3.05. The molecular formula is C13H17BNO. The van der Waals surface area contributed by atoms with Crippen LogP contribution in [0.15, 0.2) is 30.3 Å². The number of hydrogen-bond donors (Lipinski definition) is 1. The first-order chi connectivity index (χ1) is 7.84. The van der Waals surface area contributed by atoms with E-state index < -0.39 is 0 Å². The Kier molecular flexibility index (Phi) is 4.03. The van der Waals surface area contributed by atoms with E-state index in [0.29, 0.717) is 6.04 Å². The minimum atomic E-state index is 0.0399. The fourth-order valence-electron chi connectivity index (χ4n) is 2.19. The molecule has 1 aliphatic carbocycles. The molecule has 0 aliphatic heterocycles. The van der Waals surface area contributed by atoms with E-state index in [0.717, 1.165) is 18.3 Å². The van der Waals surface area contributed by atoms with Gasteiger partial charge in [-0.15, -0.1) is 0 Å². The Labute approximate surface area is 97.7 Å². The van der Waals surface area contributed by atoms with Crippen molar-refractivity contribution in [2.24, 2.45) is 0 Å². The Bertz CT molecular complexity index is 333. The lowest BCUT2D eigenvalue weighted by molar-refractivity contribution is 0.251. The maximum Gasteiger partial charge on any atom is 0.271 e. The summed E-state index contributed by atoms with van der Waals surface area (Å²) in [6.07, 6.45) is 6.07. The van der Waals surface area contributed by atoms with Crippen LogP contribution in [0.4, 0.5) is 4.79 Å². The molecule has 3 heteroatoms. The van der Waals surface area contributed by atoms with E-state index in [1.165, 1.54) is 19.3 Å². The summed E-state index contributed by atoms with van der Waals surface area (Å²) in [5.74, 6) is 0.0399. The Morgan fingerprint density at radius 1 is 1.12 bits per heavy atom. The summed E-state index contributed by atoms with van der Waals surface area (Å²) in [6.45, 7) is 0. The van der Waals surface area contributed by atoms with E-state index in [1.54, 1.807) is 7.28 Å². The van der Waals surface area contributed by atoms with Gasteiger partial charge >= 0.3 is 0 Å². The molecule has 0 saturated heterocycles. The predicted octanol–water partition coefficient (Wildman–Crippen LogP) is 2.06. The summed E-state index contributed by atoms with van der Waals surface area (Å²) in [7, 11) is 1.68. The molecule has 1 N–H and O–H groups in total. The van der Waals surface area contributed by atoms with Gasteiger partial charge in [0.25, 0.3) is 7.28 Å². The topological polar surface area (TPSA) is 29.1 Å². The molecule has 16 heavy (non-hydrogen) atoms. The molecule has 1 aromatic rings. The number of rotatable bonds is 3. The molecule has 0 spiro atoms. The first kappa shape index (κ1) is 11.2. The van der Waals surface area contributed by atoms with Crippen molar-refractivity contribution in [3.05, 3.63) is 30.3 Å². The quantitative estimate of drug-likeness (QED) is 0.766. The van der Waals surface area contributed by atoms with E-state index >= 15 is 0 Å². The maximum absolute atomic E-state index is 11.7. The van der Waals surface area contributed by atoms with Gasteiger partial charge in [-0.05, 0) is 12.8 Å². The zero-order valence-corrected chi connectivity index (χ0v) is 9.49. The van der Waals surface area contributed by atoms with Gasteiger partial charge in [-0.25, -0.2) is 0 Å². The van der Waals surface area contributed by atoms with E-state index in [9.17, 15) is 4.79 Å². The summed E-state index contributed by atoms with van der Waals surface area (Å²) in [5.41, 5.74) is 0.968. The van der Waals surface area contributed by atoms with Crippen LogP contribution in [0.3, 0.4) is 0 Å². The molecule has 1 radical (unpaired) electrons. The minimum absolute atomic E-state index is 0.0399. The predicted molar refractivity (Wildman–Crippen MR) is 67.2 cm³/mol. The van der Waals surface area contributed by atoms with Crippen molar-refractivity contribution in [3.8, 4) is 0 Å². The Morgan fingerprint density at radius 2 is 1.81 bits per heavy atom. The van der Waals surface area contributed by atoms with E-state index in [4.69, 9.17) is 0 Å². The maximum atomic E-state index is 11.7. The van der Waals surface area contributed by atoms with Crippen molar-refractivity contribution in [2.75, 3.05) is 0 Å². The van der Waals surface area contributed by atoms with Gasteiger partial charge in [-0.3, -0.25) is 4.79 Å². The van der Waals surface area contributed by atoms with Crippen molar-refractivity contribution in [2.45, 2.75) is 38.1 Å². The number of carbonyl (C=O) groups excluding carboxylic acids is 1. The second-order valence-electron chi connectivity index (χ2n) is 4.40. The van der Waals surface area contributed by atoms with Crippen molar-refractivity contribution in [1.29, 1.82) is 0 Å². The highest BCUT2D eigenvalue weighted by Gasteiger charge is 2.16. The third-order valence-corrected chi connectivity index (χ3v) is 3.05. The molecule has 1 amide bonds. The second kappa shape index (κ2) is 5.73. The lowest BCUT2D eigenvalue weighted by Crippen LogP contribution is -2.41. The molecule has 0 atom stereocenters. The SMILES string of the molecule is O=C([B]c1ccccc1)NC1CCCCC1. The molecule has 83 valence electrons. The summed E-state index contributed by atoms with van der Waals surface area (Å²) in [6, 6.07) is 10.1. The number of amides is 1. The highest BCUT2D eigenvalue weighted by molar-refractivity contribution is 6.83. The lowest BCUT2D eigenvalue weighted by atomic mass is 9.69. The molecule has 0 bridgehead atoms. The highest BCUT2D eigenvalue weighted by atomic mass is 16.1. The summed E-state index contributed by atoms with van der Waals surface area (Å²) >= 11 is 0. The molecule has 2 nitrogen and oxygen atoms in total. The van der Waals surface area contributed by atoms with Gasteiger partial charge in [-0.1, -0.05) is 55.1 Å². The molecule has 0 unspecified atom stereocenters. The fraction of sp³-hybridized carbons (Fsp3) is 0.462. The van der Waals surface area contributed by atoms with Crippen LogP contribution in [0.1, 0.15) is 32.1 Å². The first-order valence-corrected chi connectivity index (χ1v) is 6.05.